The van der Waals surface area contributed by atoms with E-state index in [9.17, 15) is 13.2 Å². The Labute approximate surface area is 93.1 Å². The summed E-state index contributed by atoms with van der Waals surface area (Å²) < 4.78 is 24.7. The summed E-state index contributed by atoms with van der Waals surface area (Å²) in [4.78, 5) is 10.9. The smallest absolute Gasteiger partial charge is 0.337 e. The Bertz CT molecular complexity index is 510. The molecule has 0 amide bonds. The number of carboxylic acid groups (broad SMARTS) is 1. The van der Waals surface area contributed by atoms with Crippen molar-refractivity contribution in [2.75, 3.05) is 10.6 Å². The van der Waals surface area contributed by atoms with Gasteiger partial charge in [0.2, 0.25) is 10.0 Å². The van der Waals surface area contributed by atoms with E-state index in [4.69, 9.17) is 10.8 Å². The zero-order valence-corrected chi connectivity index (χ0v) is 9.41. The number of aryl methyl sites for hydroxylation is 1. The standard InChI is InChI=1S/C9H12N2O4S/c1-6-3-2-4-7(9(12)13)8(6)11-16(14,15)5-10/h2-4,11H,5,10H2,1H3,(H,12,13). The molecule has 0 bridgehead atoms. The number of para-hydroxylation sites is 1. The largest absolute Gasteiger partial charge is 0.478 e. The second kappa shape index (κ2) is 4.50. The molecular weight excluding hydrogens is 232 g/mol. The van der Waals surface area contributed by atoms with Crippen LogP contribution in [-0.2, 0) is 10.0 Å². The van der Waals surface area contributed by atoms with Gasteiger partial charge in [-0.1, -0.05) is 12.1 Å². The topological polar surface area (TPSA) is 109 Å². The number of anilines is 1. The highest BCUT2D eigenvalue weighted by Crippen LogP contribution is 2.21. The van der Waals surface area contributed by atoms with E-state index in [-0.39, 0.29) is 11.3 Å². The molecule has 0 heterocycles. The molecule has 0 aromatic heterocycles. The molecule has 4 N–H and O–H groups in total. The van der Waals surface area contributed by atoms with Crippen molar-refractivity contribution in [2.45, 2.75) is 6.92 Å². The van der Waals surface area contributed by atoms with E-state index < -0.39 is 21.9 Å². The molecular formula is C9H12N2O4S. The number of sulfonamides is 1. The number of carboxylic acids is 1. The summed E-state index contributed by atoms with van der Waals surface area (Å²) in [5.74, 6) is -1.79. The molecule has 0 spiro atoms. The lowest BCUT2D eigenvalue weighted by Crippen LogP contribution is -2.23. The fourth-order valence-corrected chi connectivity index (χ4v) is 1.84. The minimum atomic E-state index is -3.69. The van der Waals surface area contributed by atoms with Crippen molar-refractivity contribution in [3.8, 4) is 0 Å². The summed E-state index contributed by atoms with van der Waals surface area (Å²) in [5, 5.41) is 8.89. The molecule has 7 heteroatoms. The van der Waals surface area contributed by atoms with Crippen molar-refractivity contribution in [1.82, 2.24) is 0 Å². The summed E-state index contributed by atoms with van der Waals surface area (Å²) in [6, 6.07) is 4.48. The van der Waals surface area contributed by atoms with E-state index in [1.807, 2.05) is 0 Å². The molecule has 0 fully saturated rings. The molecule has 0 saturated carbocycles. The first-order valence-electron chi connectivity index (χ1n) is 4.41. The van der Waals surface area contributed by atoms with Crippen LogP contribution in [0.25, 0.3) is 0 Å². The van der Waals surface area contributed by atoms with Crippen LogP contribution in [-0.4, -0.2) is 25.4 Å². The van der Waals surface area contributed by atoms with Crippen molar-refractivity contribution in [3.05, 3.63) is 29.3 Å². The monoisotopic (exact) mass is 244 g/mol. The van der Waals surface area contributed by atoms with Crippen LogP contribution in [0.3, 0.4) is 0 Å². The maximum Gasteiger partial charge on any atom is 0.337 e. The normalized spacial score (nSPS) is 11.1. The third-order valence-corrected chi connectivity index (χ3v) is 2.93. The summed E-state index contributed by atoms with van der Waals surface area (Å²) >= 11 is 0. The van der Waals surface area contributed by atoms with Gasteiger partial charge in [0.25, 0.3) is 0 Å². The van der Waals surface area contributed by atoms with Crippen LogP contribution in [0.1, 0.15) is 15.9 Å². The van der Waals surface area contributed by atoms with E-state index in [2.05, 4.69) is 4.72 Å². The first-order chi connectivity index (χ1) is 7.37. The van der Waals surface area contributed by atoms with Crippen molar-refractivity contribution < 1.29 is 18.3 Å². The fraction of sp³-hybridized carbons (Fsp3) is 0.222. The zero-order chi connectivity index (χ0) is 12.3. The maximum absolute atomic E-state index is 11.3. The lowest BCUT2D eigenvalue weighted by Gasteiger charge is -2.11. The Morgan fingerprint density at radius 2 is 2.12 bits per heavy atom. The predicted octanol–water partition coefficient (Wildman–Crippen LogP) is 0.351. The Balaban J connectivity index is 3.27. The Kier molecular flexibility index (Phi) is 3.51. The van der Waals surface area contributed by atoms with E-state index in [0.717, 1.165) is 0 Å². The van der Waals surface area contributed by atoms with Gasteiger partial charge >= 0.3 is 5.97 Å². The molecule has 1 aromatic carbocycles. The van der Waals surface area contributed by atoms with Gasteiger partial charge in [0, 0.05) is 0 Å². The molecule has 16 heavy (non-hydrogen) atoms. The first kappa shape index (κ1) is 12.5. The average Bonchev–Trinajstić information content (AvgIpc) is 2.20. The number of benzene rings is 1. The van der Waals surface area contributed by atoms with E-state index in [1.165, 1.54) is 6.07 Å². The number of nitrogens with one attached hydrogen (secondary N) is 1. The second-order valence-corrected chi connectivity index (χ2v) is 4.95. The Morgan fingerprint density at radius 3 is 2.62 bits per heavy atom. The number of carbonyl (C=O) groups is 1. The molecule has 0 aliphatic heterocycles. The molecule has 1 rings (SSSR count). The highest BCUT2D eigenvalue weighted by molar-refractivity contribution is 7.92. The van der Waals surface area contributed by atoms with Gasteiger partial charge in [-0.25, -0.2) is 13.2 Å². The third-order valence-electron chi connectivity index (χ3n) is 1.98. The summed E-state index contributed by atoms with van der Waals surface area (Å²) in [6.07, 6.45) is 0. The number of nitrogens with two attached hydrogens (primary N) is 1. The molecule has 0 radical (unpaired) electrons. The third kappa shape index (κ3) is 2.71. The first-order valence-corrected chi connectivity index (χ1v) is 6.06. The van der Waals surface area contributed by atoms with Crippen LogP contribution in [0.5, 0.6) is 0 Å². The number of rotatable bonds is 4. The van der Waals surface area contributed by atoms with E-state index in [1.54, 1.807) is 19.1 Å². The zero-order valence-electron chi connectivity index (χ0n) is 8.60. The van der Waals surface area contributed by atoms with E-state index in [0.29, 0.717) is 5.56 Å². The van der Waals surface area contributed by atoms with Crippen LogP contribution in [0, 0.1) is 6.92 Å². The van der Waals surface area contributed by atoms with Gasteiger partial charge in [-0.2, -0.15) is 0 Å². The maximum atomic E-state index is 11.3. The lowest BCUT2D eigenvalue weighted by molar-refractivity contribution is 0.0698. The number of hydrogen-bond donors (Lipinski definition) is 3. The summed E-state index contributed by atoms with van der Waals surface area (Å²) in [6.45, 7) is 1.61. The lowest BCUT2D eigenvalue weighted by atomic mass is 10.1. The molecule has 0 aliphatic rings. The number of aromatic carboxylic acids is 1. The molecule has 0 atom stereocenters. The van der Waals surface area contributed by atoms with Gasteiger partial charge in [-0.05, 0) is 18.6 Å². The highest BCUT2D eigenvalue weighted by Gasteiger charge is 2.16. The Morgan fingerprint density at radius 1 is 1.50 bits per heavy atom. The summed E-state index contributed by atoms with van der Waals surface area (Å²) in [7, 11) is -3.69. The average molecular weight is 244 g/mol. The van der Waals surface area contributed by atoms with Crippen LogP contribution in [0.4, 0.5) is 5.69 Å². The molecule has 0 unspecified atom stereocenters. The molecule has 1 aromatic rings. The molecule has 88 valence electrons. The van der Waals surface area contributed by atoms with Crippen molar-refractivity contribution >= 4 is 21.7 Å². The fourth-order valence-electron chi connectivity index (χ4n) is 1.18. The van der Waals surface area contributed by atoms with Crippen LogP contribution >= 0.6 is 0 Å². The van der Waals surface area contributed by atoms with Gasteiger partial charge in [-0.3, -0.25) is 4.72 Å². The summed E-state index contributed by atoms with van der Waals surface area (Å²) in [5.41, 5.74) is 5.51. The van der Waals surface area contributed by atoms with Crippen LogP contribution in [0.2, 0.25) is 0 Å². The van der Waals surface area contributed by atoms with Gasteiger partial charge in [0.05, 0.1) is 11.3 Å². The van der Waals surface area contributed by atoms with Crippen molar-refractivity contribution in [2.24, 2.45) is 5.73 Å². The van der Waals surface area contributed by atoms with Crippen molar-refractivity contribution in [3.63, 3.8) is 0 Å². The van der Waals surface area contributed by atoms with Gasteiger partial charge < -0.3 is 10.8 Å². The second-order valence-electron chi connectivity index (χ2n) is 3.19. The van der Waals surface area contributed by atoms with Gasteiger partial charge in [0.15, 0.2) is 0 Å². The minimum Gasteiger partial charge on any atom is -0.478 e. The predicted molar refractivity (Wildman–Crippen MR) is 59.7 cm³/mol. The molecule has 0 aliphatic carbocycles. The molecule has 0 saturated heterocycles. The van der Waals surface area contributed by atoms with Gasteiger partial charge in [-0.15, -0.1) is 0 Å². The Hall–Kier alpha value is -1.60. The van der Waals surface area contributed by atoms with Gasteiger partial charge in [0.1, 0.15) is 5.88 Å². The van der Waals surface area contributed by atoms with Crippen LogP contribution in [0.15, 0.2) is 18.2 Å². The highest BCUT2D eigenvalue weighted by atomic mass is 32.2. The SMILES string of the molecule is Cc1cccc(C(=O)O)c1NS(=O)(=O)CN. The minimum absolute atomic E-state index is 0.0560. The van der Waals surface area contributed by atoms with Crippen LogP contribution < -0.4 is 10.5 Å². The number of hydrogen-bond acceptors (Lipinski definition) is 4. The molecule has 6 nitrogen and oxygen atoms in total. The van der Waals surface area contributed by atoms with Crippen molar-refractivity contribution in [1.29, 1.82) is 0 Å². The van der Waals surface area contributed by atoms with E-state index >= 15 is 0 Å². The quantitative estimate of drug-likeness (QED) is 0.708.